The van der Waals surface area contributed by atoms with Crippen LogP contribution in [0.4, 0.5) is 11.9 Å². The van der Waals surface area contributed by atoms with Gasteiger partial charge in [-0.3, -0.25) is 9.59 Å². The van der Waals surface area contributed by atoms with Crippen LogP contribution in [0.2, 0.25) is 0 Å². The van der Waals surface area contributed by atoms with E-state index in [1.807, 2.05) is 65.7 Å². The van der Waals surface area contributed by atoms with E-state index in [-0.39, 0.29) is 29.6 Å². The van der Waals surface area contributed by atoms with E-state index in [1.54, 1.807) is 51.7 Å². The highest BCUT2D eigenvalue weighted by Gasteiger charge is 2.21. The SMILES string of the molecule is C.CC(C)c1ccc(=O)n(C)n1.CC(C)c1cnc(NC2CC2)nc1.CC(C)c1cnn(C)c(=O)c1.CNc1ncc(C(C)C)cn1.Cn1cc(C(C)(C)C)cnc1=O. The molecule has 1 aliphatic rings. The molecule has 15 heteroatoms. The van der Waals surface area contributed by atoms with Gasteiger partial charge in [0.1, 0.15) is 0 Å². The normalized spacial score (nSPS) is 11.8. The van der Waals surface area contributed by atoms with Crippen LogP contribution in [-0.2, 0) is 26.6 Å². The predicted molar refractivity (Wildman–Crippen MR) is 240 cm³/mol. The number of nitrogens with zero attached hydrogens (tertiary/aromatic N) is 10. The van der Waals surface area contributed by atoms with Crippen molar-refractivity contribution in [3.8, 4) is 0 Å². The average molecular weight is 815 g/mol. The second-order valence-electron chi connectivity index (χ2n) is 16.4. The summed E-state index contributed by atoms with van der Waals surface area (Å²) in [5.74, 6) is 3.20. The summed E-state index contributed by atoms with van der Waals surface area (Å²) in [6.45, 7) is 23.0. The number of aryl methyl sites for hydroxylation is 3. The van der Waals surface area contributed by atoms with Gasteiger partial charge in [-0.25, -0.2) is 39.1 Å². The fourth-order valence-corrected chi connectivity index (χ4v) is 4.41. The van der Waals surface area contributed by atoms with Crippen LogP contribution in [0, 0.1) is 0 Å². The molecule has 0 atom stereocenters. The first-order valence-electron chi connectivity index (χ1n) is 19.8. The van der Waals surface area contributed by atoms with Crippen molar-refractivity contribution in [2.24, 2.45) is 21.1 Å². The zero-order valence-electron chi connectivity index (χ0n) is 37.3. The van der Waals surface area contributed by atoms with Crippen LogP contribution in [0.1, 0.15) is 148 Å². The molecule has 2 N–H and O–H groups in total. The van der Waals surface area contributed by atoms with E-state index in [4.69, 9.17) is 0 Å². The number of hydrogen-bond donors (Lipinski definition) is 2. The van der Waals surface area contributed by atoms with Crippen molar-refractivity contribution in [1.82, 2.24) is 49.0 Å². The van der Waals surface area contributed by atoms with Crippen LogP contribution in [0.3, 0.4) is 0 Å². The van der Waals surface area contributed by atoms with E-state index in [0.29, 0.717) is 35.7 Å². The lowest BCUT2D eigenvalue weighted by Gasteiger charge is -2.18. The fourth-order valence-electron chi connectivity index (χ4n) is 4.41. The average Bonchev–Trinajstić information content (AvgIpc) is 3.99. The number of rotatable bonds is 7. The summed E-state index contributed by atoms with van der Waals surface area (Å²) in [7, 11) is 6.83. The van der Waals surface area contributed by atoms with Crippen LogP contribution < -0.4 is 27.4 Å². The van der Waals surface area contributed by atoms with Crippen molar-refractivity contribution in [3.05, 3.63) is 121 Å². The first-order chi connectivity index (χ1) is 27.1. The first kappa shape index (κ1) is 51.4. The Morgan fingerprint density at radius 3 is 1.54 bits per heavy atom. The summed E-state index contributed by atoms with van der Waals surface area (Å²) in [6.07, 6.45) is 15.2. The van der Waals surface area contributed by atoms with Gasteiger partial charge in [-0.15, -0.1) is 0 Å². The van der Waals surface area contributed by atoms with Gasteiger partial charge in [0.05, 0.1) is 11.9 Å². The fraction of sp³-hybridized carbons (Fsp3) is 0.545. The summed E-state index contributed by atoms with van der Waals surface area (Å²) in [6, 6.07) is 5.57. The molecule has 1 saturated carbocycles. The lowest BCUT2D eigenvalue weighted by molar-refractivity contribution is 0.574. The molecular formula is C44H70N12O3. The van der Waals surface area contributed by atoms with Gasteiger partial charge in [-0.1, -0.05) is 83.6 Å². The van der Waals surface area contributed by atoms with Gasteiger partial charge in [0.15, 0.2) is 0 Å². The third kappa shape index (κ3) is 18.7. The first-order valence-corrected chi connectivity index (χ1v) is 19.8. The van der Waals surface area contributed by atoms with Gasteiger partial charge in [-0.2, -0.15) is 10.2 Å². The van der Waals surface area contributed by atoms with Crippen molar-refractivity contribution in [1.29, 1.82) is 0 Å². The Bertz CT molecular complexity index is 2150. The Labute approximate surface area is 351 Å². The highest BCUT2D eigenvalue weighted by molar-refractivity contribution is 5.29. The van der Waals surface area contributed by atoms with Crippen molar-refractivity contribution in [2.75, 3.05) is 17.7 Å². The Balaban J connectivity index is 0.000000368. The Kier molecular flexibility index (Phi) is 21.2. The molecule has 5 aromatic heterocycles. The molecule has 0 unspecified atom stereocenters. The molecule has 15 nitrogen and oxygen atoms in total. The molecule has 1 aliphatic carbocycles. The molecule has 0 radical (unpaired) electrons. The van der Waals surface area contributed by atoms with E-state index < -0.39 is 0 Å². The summed E-state index contributed by atoms with van der Waals surface area (Å²) in [5.41, 5.74) is 5.13. The molecule has 0 saturated heterocycles. The molecule has 59 heavy (non-hydrogen) atoms. The van der Waals surface area contributed by atoms with E-state index in [2.05, 4.69) is 94.2 Å². The second kappa shape index (κ2) is 24.4. The lowest BCUT2D eigenvalue weighted by atomic mass is 9.89. The van der Waals surface area contributed by atoms with Crippen molar-refractivity contribution >= 4 is 11.9 Å². The van der Waals surface area contributed by atoms with Crippen molar-refractivity contribution in [2.45, 2.75) is 132 Å². The monoisotopic (exact) mass is 815 g/mol. The van der Waals surface area contributed by atoms with Gasteiger partial charge >= 0.3 is 5.69 Å². The Morgan fingerprint density at radius 1 is 0.644 bits per heavy atom. The van der Waals surface area contributed by atoms with E-state index in [0.717, 1.165) is 22.8 Å². The van der Waals surface area contributed by atoms with Crippen molar-refractivity contribution < 1.29 is 0 Å². The van der Waals surface area contributed by atoms with Crippen LogP contribution in [0.25, 0.3) is 0 Å². The summed E-state index contributed by atoms with van der Waals surface area (Å²) >= 11 is 0. The molecular weight excluding hydrogens is 745 g/mol. The topological polar surface area (TPSA) is 180 Å². The molecule has 1 fully saturated rings. The van der Waals surface area contributed by atoms with Gasteiger partial charge in [0.25, 0.3) is 11.1 Å². The number of anilines is 2. The Morgan fingerprint density at radius 2 is 1.15 bits per heavy atom. The quantitative estimate of drug-likeness (QED) is 0.167. The minimum Gasteiger partial charge on any atom is -0.357 e. The highest BCUT2D eigenvalue weighted by Crippen LogP contribution is 2.23. The maximum absolute atomic E-state index is 11.0. The number of nitrogens with one attached hydrogen (secondary N) is 2. The molecule has 0 aliphatic heterocycles. The van der Waals surface area contributed by atoms with E-state index in [9.17, 15) is 14.4 Å². The third-order valence-corrected chi connectivity index (χ3v) is 8.85. The summed E-state index contributed by atoms with van der Waals surface area (Å²) in [4.78, 5) is 53.3. The maximum atomic E-state index is 11.0. The zero-order valence-corrected chi connectivity index (χ0v) is 37.3. The largest absolute Gasteiger partial charge is 0.357 e. The van der Waals surface area contributed by atoms with Gasteiger partial charge in [-0.05, 0) is 70.2 Å². The molecule has 324 valence electrons. The van der Waals surface area contributed by atoms with Gasteiger partial charge in [0.2, 0.25) is 11.9 Å². The number of hydrogen-bond acceptors (Lipinski definition) is 12. The van der Waals surface area contributed by atoms with Gasteiger partial charge < -0.3 is 15.2 Å². The van der Waals surface area contributed by atoms with Crippen LogP contribution in [-0.4, -0.2) is 62.1 Å². The van der Waals surface area contributed by atoms with E-state index in [1.165, 1.54) is 37.9 Å². The molecule has 5 aromatic rings. The second-order valence-corrected chi connectivity index (χ2v) is 16.4. The molecule has 0 spiro atoms. The molecule has 6 rings (SSSR count). The number of aromatic nitrogens is 10. The third-order valence-electron chi connectivity index (χ3n) is 8.85. The summed E-state index contributed by atoms with van der Waals surface area (Å²) in [5, 5.41) is 14.1. The van der Waals surface area contributed by atoms with Crippen molar-refractivity contribution in [3.63, 3.8) is 0 Å². The zero-order chi connectivity index (χ0) is 43.7. The van der Waals surface area contributed by atoms with Gasteiger partial charge in [0, 0.05) is 83.5 Å². The Hall–Kier alpha value is -5.60. The standard InChI is InChI=1S/C10H15N3.C9H14N2O.C8H13N3.2C8H12N2O.CH4/c1-7(2)8-5-11-10(12-6-8)13-9-3-4-9;1-9(2,3)7-5-10-8(12)11(4)6-7;1-6(2)7-4-10-8(9-3)11-5-7;1-6(2)7-4-8(11)10(3)9-5-7;1-6(2)7-4-5-8(11)10(3)9-7;/h5-7,9H,3-4H2,1-2H3,(H,11,12,13);5-6H,1-4H3;4-6H,1-3H3,(H,9,10,11);2*4-6H,1-3H3;1H4. The molecule has 0 bridgehead atoms. The molecule has 0 aromatic carbocycles. The van der Waals surface area contributed by atoms with Crippen LogP contribution in [0.15, 0.2) is 76.0 Å². The van der Waals surface area contributed by atoms with Crippen LogP contribution >= 0.6 is 0 Å². The smallest absolute Gasteiger partial charge is 0.347 e. The predicted octanol–water partition coefficient (Wildman–Crippen LogP) is 7.34. The summed E-state index contributed by atoms with van der Waals surface area (Å²) < 4.78 is 4.18. The minimum absolute atomic E-state index is 0. The molecule has 5 heterocycles. The van der Waals surface area contributed by atoms with E-state index >= 15 is 0 Å². The highest BCUT2D eigenvalue weighted by atomic mass is 16.1. The maximum Gasteiger partial charge on any atom is 0.347 e. The minimum atomic E-state index is -0.206. The van der Waals surface area contributed by atoms with Crippen LogP contribution in [0.5, 0.6) is 0 Å². The molecule has 0 amide bonds. The lowest BCUT2D eigenvalue weighted by Crippen LogP contribution is -2.23.